The van der Waals surface area contributed by atoms with E-state index in [2.05, 4.69) is 16.0 Å². The van der Waals surface area contributed by atoms with Crippen LogP contribution in [0.2, 0.25) is 0 Å². The average Bonchev–Trinajstić information content (AvgIpc) is 2.92. The number of rotatable bonds is 5. The quantitative estimate of drug-likeness (QED) is 0.776. The van der Waals surface area contributed by atoms with Crippen LogP contribution < -0.4 is 16.0 Å². The van der Waals surface area contributed by atoms with Crippen molar-refractivity contribution >= 4 is 29.9 Å². The second-order valence-corrected chi connectivity index (χ2v) is 5.05. The molecule has 6 heteroatoms. The fraction of sp³-hybridized carbons (Fsp3) is 0.467. The molecular formula is C15H22ClN3O2. The predicted octanol–water partition coefficient (Wildman–Crippen LogP) is 1.80. The highest BCUT2D eigenvalue weighted by molar-refractivity contribution is 5.95. The number of amides is 2. The van der Waals surface area contributed by atoms with Crippen LogP contribution in [0.3, 0.4) is 0 Å². The SMILES string of the molecule is CCNC(=O)c1ccc(NC(=O)CC2CCNC2)cc1.Cl. The summed E-state index contributed by atoms with van der Waals surface area (Å²) in [6, 6.07) is 6.96. The Labute approximate surface area is 131 Å². The van der Waals surface area contributed by atoms with Crippen molar-refractivity contribution in [1.82, 2.24) is 10.6 Å². The fourth-order valence-electron chi connectivity index (χ4n) is 2.33. The molecule has 1 fully saturated rings. The van der Waals surface area contributed by atoms with Crippen molar-refractivity contribution in [1.29, 1.82) is 0 Å². The second kappa shape index (κ2) is 8.64. The van der Waals surface area contributed by atoms with Gasteiger partial charge in [-0.2, -0.15) is 0 Å². The van der Waals surface area contributed by atoms with Crippen LogP contribution in [0.15, 0.2) is 24.3 Å². The minimum absolute atomic E-state index is 0. The molecule has 0 radical (unpaired) electrons. The third kappa shape index (κ3) is 5.36. The van der Waals surface area contributed by atoms with Crippen molar-refractivity contribution in [3.05, 3.63) is 29.8 Å². The molecule has 21 heavy (non-hydrogen) atoms. The molecule has 0 saturated carbocycles. The van der Waals surface area contributed by atoms with Gasteiger partial charge in [-0.1, -0.05) is 0 Å². The Balaban J connectivity index is 0.00000220. The number of nitrogens with one attached hydrogen (secondary N) is 3. The largest absolute Gasteiger partial charge is 0.352 e. The molecule has 0 aliphatic carbocycles. The van der Waals surface area contributed by atoms with E-state index in [-0.39, 0.29) is 24.2 Å². The van der Waals surface area contributed by atoms with Gasteiger partial charge in [0.15, 0.2) is 0 Å². The molecule has 1 aromatic rings. The van der Waals surface area contributed by atoms with Crippen LogP contribution in [0.5, 0.6) is 0 Å². The van der Waals surface area contributed by atoms with Crippen LogP contribution in [0.4, 0.5) is 5.69 Å². The molecular weight excluding hydrogens is 290 g/mol. The maximum absolute atomic E-state index is 11.9. The first-order chi connectivity index (χ1) is 9.69. The fourth-order valence-corrected chi connectivity index (χ4v) is 2.33. The van der Waals surface area contributed by atoms with E-state index < -0.39 is 0 Å². The van der Waals surface area contributed by atoms with Gasteiger partial charge in [-0.05, 0) is 56.6 Å². The Morgan fingerprint density at radius 1 is 1.29 bits per heavy atom. The standard InChI is InChI=1S/C15H21N3O2.ClH/c1-2-17-15(20)12-3-5-13(6-4-12)18-14(19)9-11-7-8-16-10-11;/h3-6,11,16H,2,7-10H2,1H3,(H,17,20)(H,18,19);1H. The van der Waals surface area contributed by atoms with Crippen molar-refractivity contribution in [2.75, 3.05) is 25.0 Å². The molecule has 0 bridgehead atoms. The molecule has 1 heterocycles. The van der Waals surface area contributed by atoms with Crippen LogP contribution in [0, 0.1) is 5.92 Å². The predicted molar refractivity (Wildman–Crippen MR) is 85.9 cm³/mol. The number of hydrogen-bond donors (Lipinski definition) is 3. The van der Waals surface area contributed by atoms with E-state index in [4.69, 9.17) is 0 Å². The van der Waals surface area contributed by atoms with Crippen LogP contribution >= 0.6 is 12.4 Å². The van der Waals surface area contributed by atoms with Crippen LogP contribution in [-0.4, -0.2) is 31.4 Å². The first-order valence-electron chi connectivity index (χ1n) is 7.08. The van der Waals surface area contributed by atoms with Crippen LogP contribution in [0.1, 0.15) is 30.1 Å². The Hall–Kier alpha value is -1.59. The topological polar surface area (TPSA) is 70.2 Å². The lowest BCUT2D eigenvalue weighted by Gasteiger charge is -2.09. The lowest BCUT2D eigenvalue weighted by atomic mass is 10.0. The number of halogens is 1. The summed E-state index contributed by atoms with van der Waals surface area (Å²) in [5.41, 5.74) is 1.33. The molecule has 3 N–H and O–H groups in total. The third-order valence-electron chi connectivity index (χ3n) is 3.40. The summed E-state index contributed by atoms with van der Waals surface area (Å²) < 4.78 is 0. The highest BCUT2D eigenvalue weighted by atomic mass is 35.5. The summed E-state index contributed by atoms with van der Waals surface area (Å²) in [5, 5.41) is 8.85. The number of anilines is 1. The van der Waals surface area contributed by atoms with Gasteiger partial charge in [-0.15, -0.1) is 12.4 Å². The summed E-state index contributed by atoms with van der Waals surface area (Å²) in [6.45, 7) is 4.40. The van der Waals surface area contributed by atoms with Gasteiger partial charge in [0, 0.05) is 24.2 Å². The third-order valence-corrected chi connectivity index (χ3v) is 3.40. The Morgan fingerprint density at radius 2 is 2.00 bits per heavy atom. The maximum atomic E-state index is 11.9. The molecule has 2 rings (SSSR count). The van der Waals surface area contributed by atoms with E-state index in [1.807, 2.05) is 6.92 Å². The molecule has 0 aromatic heterocycles. The summed E-state index contributed by atoms with van der Waals surface area (Å²) in [5.74, 6) is 0.372. The first kappa shape index (κ1) is 17.5. The zero-order valence-electron chi connectivity index (χ0n) is 12.1. The van der Waals surface area contributed by atoms with Crippen molar-refractivity contribution in [3.8, 4) is 0 Å². The zero-order chi connectivity index (χ0) is 14.4. The van der Waals surface area contributed by atoms with Gasteiger partial charge in [0.25, 0.3) is 5.91 Å². The molecule has 1 aromatic carbocycles. The molecule has 0 spiro atoms. The van der Waals surface area contributed by atoms with Gasteiger partial charge in [0.1, 0.15) is 0 Å². The summed E-state index contributed by atoms with van der Waals surface area (Å²) in [4.78, 5) is 23.5. The van der Waals surface area contributed by atoms with Crippen LogP contribution in [0.25, 0.3) is 0 Å². The average molecular weight is 312 g/mol. The number of carbonyl (C=O) groups excluding carboxylic acids is 2. The van der Waals surface area contributed by atoms with Crippen molar-refractivity contribution in [3.63, 3.8) is 0 Å². The molecule has 1 unspecified atom stereocenters. The lowest BCUT2D eigenvalue weighted by Crippen LogP contribution is -2.22. The van der Waals surface area contributed by atoms with Crippen molar-refractivity contribution < 1.29 is 9.59 Å². The minimum atomic E-state index is -0.0950. The lowest BCUT2D eigenvalue weighted by molar-refractivity contribution is -0.116. The van der Waals surface area contributed by atoms with Crippen molar-refractivity contribution in [2.45, 2.75) is 19.8 Å². The molecule has 1 aliphatic heterocycles. The van der Waals surface area contributed by atoms with Crippen molar-refractivity contribution in [2.24, 2.45) is 5.92 Å². The summed E-state index contributed by atoms with van der Waals surface area (Å²) in [6.07, 6.45) is 1.61. The van der Waals surface area contributed by atoms with E-state index in [0.717, 1.165) is 25.2 Å². The highest BCUT2D eigenvalue weighted by Crippen LogP contribution is 2.15. The minimum Gasteiger partial charge on any atom is -0.352 e. The zero-order valence-corrected chi connectivity index (χ0v) is 13.0. The first-order valence-corrected chi connectivity index (χ1v) is 7.08. The highest BCUT2D eigenvalue weighted by Gasteiger charge is 2.18. The summed E-state index contributed by atoms with van der Waals surface area (Å²) in [7, 11) is 0. The Bertz CT molecular complexity index is 470. The summed E-state index contributed by atoms with van der Waals surface area (Å²) >= 11 is 0. The number of hydrogen-bond acceptors (Lipinski definition) is 3. The molecule has 1 atom stereocenters. The molecule has 116 valence electrons. The number of carbonyl (C=O) groups is 2. The molecule has 1 aliphatic rings. The Kier molecular flexibility index (Phi) is 7.19. The second-order valence-electron chi connectivity index (χ2n) is 5.05. The molecule has 2 amide bonds. The Morgan fingerprint density at radius 3 is 2.57 bits per heavy atom. The van der Waals surface area contributed by atoms with Gasteiger partial charge in [0.2, 0.25) is 5.91 Å². The van der Waals surface area contributed by atoms with Gasteiger partial charge in [0.05, 0.1) is 0 Å². The van der Waals surface area contributed by atoms with E-state index in [0.29, 0.717) is 24.4 Å². The van der Waals surface area contributed by atoms with Gasteiger partial charge < -0.3 is 16.0 Å². The van der Waals surface area contributed by atoms with Gasteiger partial charge in [-0.3, -0.25) is 9.59 Å². The molecule has 5 nitrogen and oxygen atoms in total. The normalized spacial score (nSPS) is 16.9. The number of benzene rings is 1. The van der Waals surface area contributed by atoms with E-state index in [1.165, 1.54) is 0 Å². The van der Waals surface area contributed by atoms with Gasteiger partial charge in [-0.25, -0.2) is 0 Å². The van der Waals surface area contributed by atoms with E-state index in [9.17, 15) is 9.59 Å². The monoisotopic (exact) mass is 311 g/mol. The van der Waals surface area contributed by atoms with Gasteiger partial charge >= 0.3 is 0 Å². The van der Waals surface area contributed by atoms with E-state index >= 15 is 0 Å². The smallest absolute Gasteiger partial charge is 0.251 e. The van der Waals surface area contributed by atoms with Crippen LogP contribution in [-0.2, 0) is 4.79 Å². The molecule has 1 saturated heterocycles. The maximum Gasteiger partial charge on any atom is 0.251 e. The van der Waals surface area contributed by atoms with E-state index in [1.54, 1.807) is 24.3 Å².